The fraction of sp³-hybridized carbons (Fsp3) is 0.0625. The normalized spacial score (nSPS) is 11.3. The van der Waals surface area contributed by atoms with Gasteiger partial charge in [0.2, 0.25) is 0 Å². The van der Waals surface area contributed by atoms with Crippen LogP contribution in [0.1, 0.15) is 10.5 Å². The van der Waals surface area contributed by atoms with Crippen molar-refractivity contribution >= 4 is 28.7 Å². The van der Waals surface area contributed by atoms with Crippen LogP contribution in [0.25, 0.3) is 27.7 Å². The number of carbonyl (C=O) groups excluding carboxylic acids is 1. The van der Waals surface area contributed by atoms with E-state index in [1.807, 2.05) is 43.6 Å². The van der Waals surface area contributed by atoms with E-state index in [9.17, 15) is 4.79 Å². The molecule has 0 fully saturated rings. The maximum atomic E-state index is 11.0. The molecule has 22 heavy (non-hydrogen) atoms. The van der Waals surface area contributed by atoms with E-state index in [0.29, 0.717) is 11.5 Å². The summed E-state index contributed by atoms with van der Waals surface area (Å²) in [6.45, 7) is 0. The van der Waals surface area contributed by atoms with Crippen LogP contribution in [0, 0.1) is 0 Å². The van der Waals surface area contributed by atoms with Crippen LogP contribution in [-0.4, -0.2) is 25.5 Å². The molecule has 4 aromatic rings. The first kappa shape index (κ1) is 12.6. The van der Waals surface area contributed by atoms with Crippen molar-refractivity contribution in [2.24, 2.45) is 7.05 Å². The zero-order chi connectivity index (χ0) is 15.3. The summed E-state index contributed by atoms with van der Waals surface area (Å²) in [5.74, 6) is 0.505. The van der Waals surface area contributed by atoms with Crippen LogP contribution >= 0.6 is 0 Å². The fourth-order valence-electron chi connectivity index (χ4n) is 2.84. The van der Waals surface area contributed by atoms with Crippen molar-refractivity contribution in [3.8, 4) is 11.1 Å². The molecule has 2 N–H and O–H groups in total. The minimum absolute atomic E-state index is 0.505. The average Bonchev–Trinajstić information content (AvgIpc) is 3.08. The summed E-state index contributed by atoms with van der Waals surface area (Å²) in [4.78, 5) is 15.2. The van der Waals surface area contributed by atoms with Crippen LogP contribution in [0.2, 0.25) is 0 Å². The van der Waals surface area contributed by atoms with E-state index in [1.54, 1.807) is 15.3 Å². The molecule has 0 aliphatic heterocycles. The number of rotatable bonds is 2. The van der Waals surface area contributed by atoms with Crippen LogP contribution in [0.3, 0.4) is 0 Å². The molecule has 3 aromatic heterocycles. The van der Waals surface area contributed by atoms with Crippen molar-refractivity contribution in [1.29, 1.82) is 0 Å². The molecule has 0 saturated carbocycles. The predicted octanol–water partition coefficient (Wildman–Crippen LogP) is 2.28. The van der Waals surface area contributed by atoms with E-state index >= 15 is 0 Å². The predicted molar refractivity (Wildman–Crippen MR) is 84.7 cm³/mol. The number of imidazole rings is 1. The van der Waals surface area contributed by atoms with Gasteiger partial charge in [-0.15, -0.1) is 0 Å². The van der Waals surface area contributed by atoms with Crippen molar-refractivity contribution in [1.82, 2.24) is 19.2 Å². The first-order chi connectivity index (χ1) is 10.7. The zero-order valence-corrected chi connectivity index (χ0v) is 11.9. The summed E-state index contributed by atoms with van der Waals surface area (Å²) in [5.41, 5.74) is 10.3. The molecule has 0 aliphatic carbocycles. The Morgan fingerprint density at radius 1 is 1.27 bits per heavy atom. The number of nitrogens with two attached hydrogens (primary N) is 1. The highest BCUT2D eigenvalue weighted by molar-refractivity contribution is 6.02. The summed E-state index contributed by atoms with van der Waals surface area (Å²) >= 11 is 0. The van der Waals surface area contributed by atoms with Gasteiger partial charge in [-0.3, -0.25) is 13.9 Å². The van der Waals surface area contributed by atoms with Gasteiger partial charge in [0.1, 0.15) is 11.3 Å². The molecular formula is C16H13N5O. The molecular weight excluding hydrogens is 278 g/mol. The van der Waals surface area contributed by atoms with Gasteiger partial charge in [-0.05, 0) is 29.3 Å². The standard InChI is InChI=1S/C16H13N5O/c1-20-13-4-2-3-12(15(13)16(17)19-20)10-5-6-21-11(9-22)8-18-14(21)7-10/h2-9H,1H3,(H2,17,19). The third kappa shape index (κ3) is 1.64. The Balaban J connectivity index is 2.01. The first-order valence-electron chi connectivity index (χ1n) is 6.83. The molecule has 6 nitrogen and oxygen atoms in total. The lowest BCUT2D eigenvalue weighted by atomic mass is 10.0. The lowest BCUT2D eigenvalue weighted by Gasteiger charge is -2.05. The molecule has 3 heterocycles. The van der Waals surface area contributed by atoms with Gasteiger partial charge in [0.15, 0.2) is 12.1 Å². The van der Waals surface area contributed by atoms with E-state index in [1.165, 1.54) is 0 Å². The molecule has 0 bridgehead atoms. The van der Waals surface area contributed by atoms with E-state index < -0.39 is 0 Å². The second-order valence-corrected chi connectivity index (χ2v) is 5.15. The molecule has 0 saturated heterocycles. The largest absolute Gasteiger partial charge is 0.382 e. The van der Waals surface area contributed by atoms with Crippen LogP contribution in [0.15, 0.2) is 42.7 Å². The van der Waals surface area contributed by atoms with Crippen molar-refractivity contribution in [3.63, 3.8) is 0 Å². The molecule has 0 amide bonds. The number of hydrogen-bond donors (Lipinski definition) is 1. The lowest BCUT2D eigenvalue weighted by molar-refractivity contribution is 0.111. The number of nitrogen functional groups attached to an aromatic ring is 1. The third-order valence-corrected chi connectivity index (χ3v) is 3.88. The number of pyridine rings is 1. The number of anilines is 1. The minimum Gasteiger partial charge on any atom is -0.382 e. The van der Waals surface area contributed by atoms with Gasteiger partial charge in [-0.2, -0.15) is 5.10 Å². The quantitative estimate of drug-likeness (QED) is 0.575. The van der Waals surface area contributed by atoms with Crippen LogP contribution in [-0.2, 0) is 7.05 Å². The Labute approximate surface area is 125 Å². The number of carbonyl (C=O) groups is 1. The van der Waals surface area contributed by atoms with Gasteiger partial charge < -0.3 is 5.73 Å². The summed E-state index contributed by atoms with van der Waals surface area (Å²) in [6.07, 6.45) is 4.19. The highest BCUT2D eigenvalue weighted by atomic mass is 16.1. The van der Waals surface area contributed by atoms with Crippen molar-refractivity contribution in [2.45, 2.75) is 0 Å². The lowest BCUT2D eigenvalue weighted by Crippen LogP contribution is -1.91. The zero-order valence-electron chi connectivity index (χ0n) is 11.9. The first-order valence-corrected chi connectivity index (χ1v) is 6.83. The Morgan fingerprint density at radius 3 is 2.95 bits per heavy atom. The van der Waals surface area contributed by atoms with Gasteiger partial charge in [-0.25, -0.2) is 4.98 Å². The van der Waals surface area contributed by atoms with E-state index in [0.717, 1.165) is 34.0 Å². The van der Waals surface area contributed by atoms with Gasteiger partial charge >= 0.3 is 0 Å². The molecule has 4 rings (SSSR count). The summed E-state index contributed by atoms with van der Waals surface area (Å²) < 4.78 is 3.52. The minimum atomic E-state index is 0.505. The summed E-state index contributed by atoms with van der Waals surface area (Å²) in [6, 6.07) is 9.86. The highest BCUT2D eigenvalue weighted by Gasteiger charge is 2.12. The van der Waals surface area contributed by atoms with Crippen molar-refractivity contribution < 1.29 is 4.79 Å². The summed E-state index contributed by atoms with van der Waals surface area (Å²) in [5, 5.41) is 5.21. The molecule has 6 heteroatoms. The number of aldehydes is 1. The Morgan fingerprint density at radius 2 is 2.14 bits per heavy atom. The smallest absolute Gasteiger partial charge is 0.168 e. The Kier molecular flexibility index (Phi) is 2.53. The van der Waals surface area contributed by atoms with Gasteiger partial charge in [0, 0.05) is 13.2 Å². The van der Waals surface area contributed by atoms with Crippen LogP contribution < -0.4 is 5.73 Å². The average molecular weight is 291 g/mol. The van der Waals surface area contributed by atoms with Crippen LogP contribution in [0.5, 0.6) is 0 Å². The molecule has 108 valence electrons. The second-order valence-electron chi connectivity index (χ2n) is 5.15. The maximum Gasteiger partial charge on any atom is 0.168 e. The molecule has 0 atom stereocenters. The molecule has 0 radical (unpaired) electrons. The van der Waals surface area contributed by atoms with Crippen molar-refractivity contribution in [3.05, 3.63) is 48.4 Å². The maximum absolute atomic E-state index is 11.0. The van der Waals surface area contributed by atoms with E-state index in [-0.39, 0.29) is 0 Å². The summed E-state index contributed by atoms with van der Waals surface area (Å²) in [7, 11) is 1.87. The molecule has 0 unspecified atom stereocenters. The molecule has 1 aromatic carbocycles. The number of fused-ring (bicyclic) bond motifs is 2. The van der Waals surface area contributed by atoms with E-state index in [2.05, 4.69) is 10.1 Å². The third-order valence-electron chi connectivity index (χ3n) is 3.88. The number of aromatic nitrogens is 4. The van der Waals surface area contributed by atoms with Gasteiger partial charge in [0.05, 0.1) is 17.1 Å². The van der Waals surface area contributed by atoms with Gasteiger partial charge in [0.25, 0.3) is 0 Å². The SMILES string of the molecule is Cn1nc(N)c2c(-c3ccn4c(C=O)cnc4c3)cccc21. The van der Waals surface area contributed by atoms with Crippen LogP contribution in [0.4, 0.5) is 5.82 Å². The Hall–Kier alpha value is -3.15. The number of benzene rings is 1. The number of nitrogens with zero attached hydrogens (tertiary/aromatic N) is 4. The molecule has 0 spiro atoms. The second kappa shape index (κ2) is 4.42. The fourth-order valence-corrected chi connectivity index (χ4v) is 2.84. The Bertz CT molecular complexity index is 1030. The number of hydrogen-bond acceptors (Lipinski definition) is 4. The molecule has 0 aliphatic rings. The monoisotopic (exact) mass is 291 g/mol. The number of aryl methyl sites for hydroxylation is 1. The van der Waals surface area contributed by atoms with E-state index in [4.69, 9.17) is 5.73 Å². The van der Waals surface area contributed by atoms with Crippen molar-refractivity contribution in [2.75, 3.05) is 5.73 Å². The topological polar surface area (TPSA) is 78.2 Å². The van der Waals surface area contributed by atoms with Gasteiger partial charge in [-0.1, -0.05) is 12.1 Å². The highest BCUT2D eigenvalue weighted by Crippen LogP contribution is 2.32.